The van der Waals surface area contributed by atoms with Crippen molar-refractivity contribution in [1.82, 2.24) is 20.3 Å². The van der Waals surface area contributed by atoms with Crippen LogP contribution < -0.4 is 10.6 Å². The standard InChI is InChI=1S/C21H23N5O/c27-21(25-19-7-9-20(10-8-19)26-23-13-14-24-26)22-12-11-16-5-6-17-3-1-2-4-18(17)15-16/h1-4,7-10,13-14,16H,5-6,11-12,15H2,(H2,22,25,27). The minimum absolute atomic E-state index is 0.170. The van der Waals surface area contributed by atoms with Crippen LogP contribution >= 0.6 is 0 Å². The molecule has 2 N–H and O–H groups in total. The zero-order valence-corrected chi connectivity index (χ0v) is 15.1. The topological polar surface area (TPSA) is 71.8 Å². The zero-order valence-electron chi connectivity index (χ0n) is 15.1. The Morgan fingerprint density at radius 2 is 1.78 bits per heavy atom. The number of fused-ring (bicyclic) bond motifs is 1. The van der Waals surface area contributed by atoms with E-state index >= 15 is 0 Å². The molecule has 1 aromatic heterocycles. The van der Waals surface area contributed by atoms with Crippen LogP contribution in [0.2, 0.25) is 0 Å². The van der Waals surface area contributed by atoms with Crippen molar-refractivity contribution in [2.45, 2.75) is 25.7 Å². The average Bonchev–Trinajstić information content (AvgIpc) is 3.23. The molecule has 1 aliphatic carbocycles. The van der Waals surface area contributed by atoms with Crippen molar-refractivity contribution in [3.8, 4) is 5.69 Å². The zero-order chi connectivity index (χ0) is 18.5. The van der Waals surface area contributed by atoms with Gasteiger partial charge in [-0.1, -0.05) is 24.3 Å². The van der Waals surface area contributed by atoms with E-state index in [0.717, 1.165) is 30.6 Å². The van der Waals surface area contributed by atoms with Gasteiger partial charge < -0.3 is 10.6 Å². The summed E-state index contributed by atoms with van der Waals surface area (Å²) in [7, 11) is 0. The first-order valence-corrected chi connectivity index (χ1v) is 9.36. The van der Waals surface area contributed by atoms with Gasteiger partial charge in [0.2, 0.25) is 0 Å². The molecule has 2 aromatic carbocycles. The van der Waals surface area contributed by atoms with Crippen molar-refractivity contribution >= 4 is 11.7 Å². The Hall–Kier alpha value is -3.15. The summed E-state index contributed by atoms with van der Waals surface area (Å²) in [6.07, 6.45) is 7.72. The van der Waals surface area contributed by atoms with Crippen molar-refractivity contribution in [3.63, 3.8) is 0 Å². The van der Waals surface area contributed by atoms with Crippen LogP contribution in [-0.2, 0) is 12.8 Å². The number of aryl methyl sites for hydroxylation is 1. The van der Waals surface area contributed by atoms with Crippen LogP contribution in [0.4, 0.5) is 10.5 Å². The maximum atomic E-state index is 12.1. The third-order valence-corrected chi connectivity index (χ3v) is 5.06. The molecule has 2 amide bonds. The number of rotatable bonds is 5. The van der Waals surface area contributed by atoms with Crippen LogP contribution in [0.1, 0.15) is 24.0 Å². The number of urea groups is 1. The first-order chi connectivity index (χ1) is 13.3. The predicted molar refractivity (Wildman–Crippen MR) is 105 cm³/mol. The van der Waals surface area contributed by atoms with Crippen molar-refractivity contribution in [2.75, 3.05) is 11.9 Å². The van der Waals surface area contributed by atoms with Gasteiger partial charge in [0, 0.05) is 12.2 Å². The van der Waals surface area contributed by atoms with E-state index in [1.165, 1.54) is 22.3 Å². The molecule has 1 atom stereocenters. The Morgan fingerprint density at radius 3 is 2.56 bits per heavy atom. The first-order valence-electron chi connectivity index (χ1n) is 9.36. The number of carbonyl (C=O) groups excluding carboxylic acids is 1. The second-order valence-corrected chi connectivity index (χ2v) is 6.91. The summed E-state index contributed by atoms with van der Waals surface area (Å²) in [5.41, 5.74) is 4.54. The molecule has 0 saturated carbocycles. The highest BCUT2D eigenvalue weighted by atomic mass is 16.2. The molecular weight excluding hydrogens is 338 g/mol. The highest BCUT2D eigenvalue weighted by molar-refractivity contribution is 5.89. The number of amides is 2. The molecule has 27 heavy (non-hydrogen) atoms. The molecule has 6 heteroatoms. The molecule has 0 saturated heterocycles. The molecule has 0 spiro atoms. The van der Waals surface area contributed by atoms with E-state index in [2.05, 4.69) is 45.1 Å². The Balaban J connectivity index is 1.22. The third kappa shape index (κ3) is 4.34. The first kappa shape index (κ1) is 17.3. The minimum atomic E-state index is -0.170. The fourth-order valence-electron chi connectivity index (χ4n) is 3.61. The van der Waals surface area contributed by atoms with Crippen LogP contribution in [0.25, 0.3) is 5.69 Å². The van der Waals surface area contributed by atoms with E-state index in [9.17, 15) is 4.79 Å². The average molecular weight is 361 g/mol. The van der Waals surface area contributed by atoms with E-state index in [0.29, 0.717) is 12.5 Å². The van der Waals surface area contributed by atoms with Gasteiger partial charge in [-0.05, 0) is 67.0 Å². The Labute approximate surface area is 158 Å². The number of hydrogen-bond donors (Lipinski definition) is 2. The summed E-state index contributed by atoms with van der Waals surface area (Å²) in [6, 6.07) is 15.9. The number of nitrogens with zero attached hydrogens (tertiary/aromatic N) is 3. The number of aromatic nitrogens is 3. The van der Waals surface area contributed by atoms with E-state index < -0.39 is 0 Å². The van der Waals surface area contributed by atoms with Crippen LogP contribution in [0.3, 0.4) is 0 Å². The van der Waals surface area contributed by atoms with Gasteiger partial charge in [0.05, 0.1) is 18.1 Å². The normalized spacial score (nSPS) is 15.8. The highest BCUT2D eigenvalue weighted by Gasteiger charge is 2.18. The van der Waals surface area contributed by atoms with Crippen LogP contribution in [-0.4, -0.2) is 27.6 Å². The lowest BCUT2D eigenvalue weighted by atomic mass is 9.82. The molecule has 1 unspecified atom stereocenters. The summed E-state index contributed by atoms with van der Waals surface area (Å²) >= 11 is 0. The van der Waals surface area contributed by atoms with Crippen molar-refractivity contribution in [3.05, 3.63) is 72.1 Å². The summed E-state index contributed by atoms with van der Waals surface area (Å²) in [5.74, 6) is 0.640. The summed E-state index contributed by atoms with van der Waals surface area (Å²) in [6.45, 7) is 0.688. The van der Waals surface area contributed by atoms with Gasteiger partial charge in [-0.2, -0.15) is 15.0 Å². The lowest BCUT2D eigenvalue weighted by Gasteiger charge is -2.24. The van der Waals surface area contributed by atoms with E-state index in [1.54, 1.807) is 12.4 Å². The predicted octanol–water partition coefficient (Wildman–Crippen LogP) is 3.58. The summed E-state index contributed by atoms with van der Waals surface area (Å²) in [5, 5.41) is 14.0. The SMILES string of the molecule is O=C(NCCC1CCc2ccccc2C1)Nc1ccc(-n2nccn2)cc1. The van der Waals surface area contributed by atoms with E-state index in [-0.39, 0.29) is 6.03 Å². The Bertz CT molecular complexity index is 889. The summed E-state index contributed by atoms with van der Waals surface area (Å²) < 4.78 is 0. The van der Waals surface area contributed by atoms with Gasteiger partial charge in [0.15, 0.2) is 0 Å². The molecule has 0 aliphatic heterocycles. The number of carbonyl (C=O) groups is 1. The van der Waals surface area contributed by atoms with Gasteiger partial charge in [-0.25, -0.2) is 4.79 Å². The van der Waals surface area contributed by atoms with Crippen molar-refractivity contribution < 1.29 is 4.79 Å². The molecule has 0 fully saturated rings. The summed E-state index contributed by atoms with van der Waals surface area (Å²) in [4.78, 5) is 13.6. The van der Waals surface area contributed by atoms with Crippen molar-refractivity contribution in [2.24, 2.45) is 5.92 Å². The molecule has 3 aromatic rings. The van der Waals surface area contributed by atoms with E-state index in [4.69, 9.17) is 0 Å². The van der Waals surface area contributed by atoms with Gasteiger partial charge >= 0.3 is 6.03 Å². The van der Waals surface area contributed by atoms with Crippen LogP contribution in [0.15, 0.2) is 60.9 Å². The molecule has 6 nitrogen and oxygen atoms in total. The maximum Gasteiger partial charge on any atom is 0.319 e. The molecule has 0 radical (unpaired) electrons. The molecule has 1 aliphatic rings. The minimum Gasteiger partial charge on any atom is -0.338 e. The second-order valence-electron chi connectivity index (χ2n) is 6.91. The van der Waals surface area contributed by atoms with Gasteiger partial charge in [0.1, 0.15) is 0 Å². The Morgan fingerprint density at radius 1 is 1.04 bits per heavy atom. The molecule has 4 rings (SSSR count). The fourth-order valence-corrected chi connectivity index (χ4v) is 3.61. The lowest BCUT2D eigenvalue weighted by Crippen LogP contribution is -2.31. The monoisotopic (exact) mass is 361 g/mol. The van der Waals surface area contributed by atoms with Gasteiger partial charge in [-0.15, -0.1) is 0 Å². The number of benzene rings is 2. The third-order valence-electron chi connectivity index (χ3n) is 5.06. The molecule has 138 valence electrons. The maximum absolute atomic E-state index is 12.1. The lowest BCUT2D eigenvalue weighted by molar-refractivity contribution is 0.251. The number of nitrogens with one attached hydrogen (secondary N) is 2. The van der Waals surface area contributed by atoms with Gasteiger partial charge in [-0.3, -0.25) is 0 Å². The fraction of sp³-hybridized carbons (Fsp3) is 0.286. The van der Waals surface area contributed by atoms with Crippen LogP contribution in [0.5, 0.6) is 0 Å². The Kier molecular flexibility index (Phi) is 5.14. The smallest absolute Gasteiger partial charge is 0.319 e. The van der Waals surface area contributed by atoms with Crippen LogP contribution in [0, 0.1) is 5.92 Å². The number of hydrogen-bond acceptors (Lipinski definition) is 3. The number of anilines is 1. The van der Waals surface area contributed by atoms with Gasteiger partial charge in [0.25, 0.3) is 0 Å². The molecule has 0 bridgehead atoms. The van der Waals surface area contributed by atoms with E-state index in [1.807, 2.05) is 24.3 Å². The quantitative estimate of drug-likeness (QED) is 0.729. The largest absolute Gasteiger partial charge is 0.338 e. The highest BCUT2D eigenvalue weighted by Crippen LogP contribution is 2.27. The second kappa shape index (κ2) is 8.03. The molecule has 1 heterocycles. The molecular formula is C21H23N5O. The van der Waals surface area contributed by atoms with Crippen molar-refractivity contribution in [1.29, 1.82) is 0 Å².